The maximum absolute atomic E-state index is 11.9. The van der Waals surface area contributed by atoms with E-state index in [1.165, 1.54) is 19.5 Å². The third-order valence-electron chi connectivity index (χ3n) is 2.42. The Balaban J connectivity index is 2.78. The zero-order chi connectivity index (χ0) is 13.7. The molecule has 6 nitrogen and oxygen atoms in total. The average molecular weight is 251 g/mol. The van der Waals surface area contributed by atoms with Crippen LogP contribution in [0.25, 0.3) is 0 Å². The highest BCUT2D eigenvalue weighted by Crippen LogP contribution is 2.05. The average Bonchev–Trinajstić information content (AvgIpc) is 2.35. The van der Waals surface area contributed by atoms with Crippen molar-refractivity contribution >= 4 is 11.9 Å². The molecule has 0 bridgehead atoms. The summed E-state index contributed by atoms with van der Waals surface area (Å²) < 4.78 is 4.64. The number of rotatable bonds is 4. The van der Waals surface area contributed by atoms with Gasteiger partial charge in [-0.05, 0) is 12.8 Å². The number of hydrogen-bond donors (Lipinski definition) is 1. The molecular formula is C12H17N3O3. The van der Waals surface area contributed by atoms with Gasteiger partial charge in [-0.3, -0.25) is 9.78 Å². The van der Waals surface area contributed by atoms with Crippen molar-refractivity contribution in [1.29, 1.82) is 0 Å². The highest BCUT2D eigenvalue weighted by Gasteiger charge is 2.25. The second-order valence-corrected chi connectivity index (χ2v) is 4.26. The molecule has 98 valence electrons. The molecule has 0 radical (unpaired) electrons. The number of carbonyl (C=O) groups excluding carboxylic acids is 2. The van der Waals surface area contributed by atoms with Crippen LogP contribution in [0.15, 0.2) is 12.4 Å². The molecule has 0 aliphatic rings. The lowest BCUT2D eigenvalue weighted by Crippen LogP contribution is -2.45. The zero-order valence-corrected chi connectivity index (χ0v) is 10.9. The first-order chi connectivity index (χ1) is 8.45. The van der Waals surface area contributed by atoms with Crippen LogP contribution in [-0.4, -0.2) is 35.0 Å². The molecule has 0 unspecified atom stereocenters. The molecule has 0 aromatic carbocycles. The van der Waals surface area contributed by atoms with Gasteiger partial charge in [0.25, 0.3) is 5.91 Å². The molecule has 1 heterocycles. The Labute approximate surface area is 106 Å². The van der Waals surface area contributed by atoms with E-state index in [4.69, 9.17) is 0 Å². The third-order valence-corrected chi connectivity index (χ3v) is 2.42. The summed E-state index contributed by atoms with van der Waals surface area (Å²) >= 11 is 0. The summed E-state index contributed by atoms with van der Waals surface area (Å²) in [6.45, 7) is 5.42. The Hall–Kier alpha value is -1.98. The van der Waals surface area contributed by atoms with E-state index in [2.05, 4.69) is 20.0 Å². The predicted molar refractivity (Wildman–Crippen MR) is 64.9 cm³/mol. The van der Waals surface area contributed by atoms with Gasteiger partial charge in [0.15, 0.2) is 0 Å². The lowest BCUT2D eigenvalue weighted by molar-refractivity contribution is -0.144. The summed E-state index contributed by atoms with van der Waals surface area (Å²) in [6, 6.07) is -0.689. The van der Waals surface area contributed by atoms with Gasteiger partial charge < -0.3 is 10.1 Å². The Morgan fingerprint density at radius 1 is 1.28 bits per heavy atom. The molecule has 1 aromatic rings. The molecular weight excluding hydrogens is 234 g/mol. The van der Waals surface area contributed by atoms with E-state index < -0.39 is 17.9 Å². The zero-order valence-electron chi connectivity index (χ0n) is 10.9. The number of carbonyl (C=O) groups is 2. The molecule has 0 fully saturated rings. The number of aromatic nitrogens is 2. The number of aryl methyl sites for hydroxylation is 1. The summed E-state index contributed by atoms with van der Waals surface area (Å²) in [5.41, 5.74) is 0.898. The van der Waals surface area contributed by atoms with E-state index in [1.54, 1.807) is 6.92 Å². The van der Waals surface area contributed by atoms with Gasteiger partial charge in [-0.1, -0.05) is 13.8 Å². The third kappa shape index (κ3) is 3.51. The number of hydrogen-bond acceptors (Lipinski definition) is 5. The summed E-state index contributed by atoms with van der Waals surface area (Å²) in [7, 11) is 1.29. The van der Waals surface area contributed by atoms with Crippen LogP contribution in [-0.2, 0) is 9.53 Å². The maximum atomic E-state index is 11.9. The second kappa shape index (κ2) is 6.09. The molecule has 1 amide bonds. The topological polar surface area (TPSA) is 81.2 Å². The first kappa shape index (κ1) is 14.1. The van der Waals surface area contributed by atoms with Crippen LogP contribution in [0, 0.1) is 12.8 Å². The molecule has 0 saturated heterocycles. The van der Waals surface area contributed by atoms with Gasteiger partial charge in [0, 0.05) is 6.20 Å². The van der Waals surface area contributed by atoms with Crippen LogP contribution in [0.3, 0.4) is 0 Å². The number of nitrogens with one attached hydrogen (secondary N) is 1. The Morgan fingerprint density at radius 3 is 2.39 bits per heavy atom. The van der Waals surface area contributed by atoms with Crippen molar-refractivity contribution in [3.8, 4) is 0 Å². The summed E-state index contributed by atoms with van der Waals surface area (Å²) in [6.07, 6.45) is 2.87. The van der Waals surface area contributed by atoms with Gasteiger partial charge >= 0.3 is 5.97 Å². The molecule has 0 aliphatic heterocycles. The van der Waals surface area contributed by atoms with Gasteiger partial charge in [-0.25, -0.2) is 9.78 Å². The maximum Gasteiger partial charge on any atom is 0.328 e. The molecule has 1 rings (SSSR count). The van der Waals surface area contributed by atoms with Crippen LogP contribution >= 0.6 is 0 Å². The normalized spacial score (nSPS) is 12.1. The largest absolute Gasteiger partial charge is 0.467 e. The lowest BCUT2D eigenvalue weighted by atomic mass is 10.0. The molecule has 1 N–H and O–H groups in total. The van der Waals surface area contributed by atoms with Gasteiger partial charge in [-0.15, -0.1) is 0 Å². The highest BCUT2D eigenvalue weighted by atomic mass is 16.5. The number of methoxy groups -OCH3 is 1. The van der Waals surface area contributed by atoms with Crippen LogP contribution in [0.2, 0.25) is 0 Å². The van der Waals surface area contributed by atoms with Crippen molar-refractivity contribution < 1.29 is 14.3 Å². The lowest BCUT2D eigenvalue weighted by Gasteiger charge is -2.19. The molecule has 6 heteroatoms. The predicted octanol–water partition coefficient (Wildman–Crippen LogP) is 0.712. The van der Waals surface area contributed by atoms with Crippen LogP contribution < -0.4 is 5.32 Å². The van der Waals surface area contributed by atoms with E-state index in [0.717, 1.165) is 5.69 Å². The molecule has 0 aliphatic carbocycles. The fraction of sp³-hybridized carbons (Fsp3) is 0.500. The summed E-state index contributed by atoms with van der Waals surface area (Å²) in [5.74, 6) is -0.982. The van der Waals surface area contributed by atoms with Crippen molar-refractivity contribution in [2.45, 2.75) is 26.8 Å². The fourth-order valence-electron chi connectivity index (χ4n) is 1.35. The van der Waals surface area contributed by atoms with E-state index in [1.807, 2.05) is 13.8 Å². The quantitative estimate of drug-likeness (QED) is 0.797. The molecule has 0 spiro atoms. The van der Waals surface area contributed by atoms with Gasteiger partial charge in [0.05, 0.1) is 19.0 Å². The minimum Gasteiger partial charge on any atom is -0.467 e. The summed E-state index contributed by atoms with van der Waals surface area (Å²) in [5, 5.41) is 2.59. The van der Waals surface area contributed by atoms with Crippen molar-refractivity contribution in [2.24, 2.45) is 5.92 Å². The molecule has 1 atom stereocenters. The van der Waals surface area contributed by atoms with Gasteiger partial charge in [0.2, 0.25) is 0 Å². The molecule has 0 saturated carbocycles. The smallest absolute Gasteiger partial charge is 0.328 e. The minimum atomic E-state index is -0.689. The van der Waals surface area contributed by atoms with Crippen LogP contribution in [0.5, 0.6) is 0 Å². The Kier molecular flexibility index (Phi) is 4.76. The van der Waals surface area contributed by atoms with Crippen molar-refractivity contribution in [2.75, 3.05) is 7.11 Å². The van der Waals surface area contributed by atoms with Gasteiger partial charge in [0.1, 0.15) is 11.7 Å². The monoisotopic (exact) mass is 251 g/mol. The van der Waals surface area contributed by atoms with Crippen LogP contribution in [0.4, 0.5) is 0 Å². The second-order valence-electron chi connectivity index (χ2n) is 4.26. The van der Waals surface area contributed by atoms with Crippen molar-refractivity contribution in [3.05, 3.63) is 23.8 Å². The molecule has 18 heavy (non-hydrogen) atoms. The Bertz CT molecular complexity index is 429. The van der Waals surface area contributed by atoms with Gasteiger partial charge in [-0.2, -0.15) is 0 Å². The van der Waals surface area contributed by atoms with E-state index >= 15 is 0 Å². The van der Waals surface area contributed by atoms with E-state index in [9.17, 15) is 9.59 Å². The number of esters is 1. The number of amides is 1. The van der Waals surface area contributed by atoms with Crippen molar-refractivity contribution in [3.63, 3.8) is 0 Å². The number of ether oxygens (including phenoxy) is 1. The van der Waals surface area contributed by atoms with Crippen molar-refractivity contribution in [1.82, 2.24) is 15.3 Å². The highest BCUT2D eigenvalue weighted by molar-refractivity contribution is 5.94. The fourth-order valence-corrected chi connectivity index (χ4v) is 1.35. The van der Waals surface area contributed by atoms with E-state index in [-0.39, 0.29) is 11.6 Å². The Morgan fingerprint density at radius 2 is 1.94 bits per heavy atom. The van der Waals surface area contributed by atoms with E-state index in [0.29, 0.717) is 0 Å². The summed E-state index contributed by atoms with van der Waals surface area (Å²) in [4.78, 5) is 31.3. The SMILES string of the molecule is COC(=O)[C@@H](NC(=O)c1cnc(C)cn1)C(C)C. The van der Waals surface area contributed by atoms with Crippen LogP contribution in [0.1, 0.15) is 30.0 Å². The number of nitrogens with zero attached hydrogens (tertiary/aromatic N) is 2. The molecule has 1 aromatic heterocycles. The first-order valence-corrected chi connectivity index (χ1v) is 5.63. The first-order valence-electron chi connectivity index (χ1n) is 5.63. The minimum absolute atomic E-state index is 0.0696. The standard InChI is InChI=1S/C12H17N3O3/c1-7(2)10(12(17)18-4)15-11(16)9-6-13-8(3)5-14-9/h5-7,10H,1-4H3,(H,15,16)/t10-/m0/s1.